The predicted molar refractivity (Wildman–Crippen MR) is 90.7 cm³/mol. The monoisotopic (exact) mass is 342 g/mol. The first-order valence-electron chi connectivity index (χ1n) is 8.05. The fourth-order valence-electron chi connectivity index (χ4n) is 3.25. The van der Waals surface area contributed by atoms with Gasteiger partial charge in [0.1, 0.15) is 0 Å². The maximum absolute atomic E-state index is 12.2. The van der Waals surface area contributed by atoms with Crippen molar-refractivity contribution in [3.63, 3.8) is 0 Å². The topological polar surface area (TPSA) is 0 Å². The van der Waals surface area contributed by atoms with Gasteiger partial charge in [-0.1, -0.05) is 29.8 Å². The van der Waals surface area contributed by atoms with Crippen molar-refractivity contribution in [3.05, 3.63) is 53.1 Å². The highest BCUT2D eigenvalue weighted by atomic mass is 35.5. The molecule has 1 aliphatic rings. The zero-order chi connectivity index (χ0) is 16.9. The lowest BCUT2D eigenvalue weighted by molar-refractivity contribution is -0.0790. The molecule has 0 heterocycles. The molecule has 0 atom stereocenters. The number of halogens is 4. The zero-order valence-corrected chi connectivity index (χ0v) is 13.8. The Morgan fingerprint density at radius 1 is 1.17 bits per heavy atom. The van der Waals surface area contributed by atoms with Crippen molar-refractivity contribution in [2.45, 2.75) is 50.6 Å². The number of hydrogen-bond acceptors (Lipinski definition) is 0. The van der Waals surface area contributed by atoms with E-state index >= 15 is 0 Å². The zero-order valence-electron chi connectivity index (χ0n) is 13.1. The van der Waals surface area contributed by atoms with E-state index in [4.69, 9.17) is 11.6 Å². The lowest BCUT2D eigenvalue weighted by Gasteiger charge is -2.28. The van der Waals surface area contributed by atoms with Gasteiger partial charge in [0.2, 0.25) is 0 Å². The highest BCUT2D eigenvalue weighted by Crippen LogP contribution is 2.38. The van der Waals surface area contributed by atoms with Gasteiger partial charge in [0.15, 0.2) is 0 Å². The molecule has 1 aromatic rings. The Morgan fingerprint density at radius 2 is 1.87 bits per heavy atom. The molecule has 0 nitrogen and oxygen atoms in total. The Bertz CT molecular complexity index is 552. The van der Waals surface area contributed by atoms with Gasteiger partial charge in [0.05, 0.1) is 0 Å². The van der Waals surface area contributed by atoms with Crippen molar-refractivity contribution in [1.82, 2.24) is 0 Å². The van der Waals surface area contributed by atoms with Crippen LogP contribution in [-0.2, 0) is 0 Å². The van der Waals surface area contributed by atoms with Crippen LogP contribution in [0.2, 0.25) is 5.02 Å². The Hall–Kier alpha value is -1.22. The molecule has 1 fully saturated rings. The summed E-state index contributed by atoms with van der Waals surface area (Å²) in [6.07, 6.45) is 5.82. The van der Waals surface area contributed by atoms with Crippen molar-refractivity contribution < 1.29 is 13.2 Å². The third-order valence-corrected chi connectivity index (χ3v) is 4.90. The molecule has 4 heteroatoms. The summed E-state index contributed by atoms with van der Waals surface area (Å²) in [5.41, 5.74) is 1.55. The Balaban J connectivity index is 1.98. The molecular weight excluding hydrogens is 321 g/mol. The molecule has 0 amide bonds. The average molecular weight is 343 g/mol. The van der Waals surface area contributed by atoms with E-state index in [0.717, 1.165) is 36.8 Å². The van der Waals surface area contributed by atoms with E-state index in [9.17, 15) is 13.2 Å². The van der Waals surface area contributed by atoms with E-state index in [0.29, 0.717) is 16.5 Å². The number of rotatable bonds is 5. The third-order valence-electron chi connectivity index (χ3n) is 4.57. The summed E-state index contributed by atoms with van der Waals surface area (Å²) in [6.45, 7) is 3.77. The fraction of sp³-hybridized carbons (Fsp3) is 0.474. The minimum Gasteiger partial charge on any atom is -0.167 e. The number of hydrogen-bond donors (Lipinski definition) is 0. The minimum absolute atomic E-state index is 0.221. The summed E-state index contributed by atoms with van der Waals surface area (Å²) < 4.78 is 36.7. The van der Waals surface area contributed by atoms with Gasteiger partial charge >= 0.3 is 6.18 Å². The molecule has 0 spiro atoms. The lowest BCUT2D eigenvalue weighted by Crippen LogP contribution is -2.13. The van der Waals surface area contributed by atoms with Crippen molar-refractivity contribution in [2.75, 3.05) is 0 Å². The molecule has 1 aromatic carbocycles. The molecule has 0 aromatic heterocycles. The normalized spacial score (nSPS) is 22.4. The molecule has 126 valence electrons. The number of benzene rings is 1. The standard InChI is InChI=1S/C19H22ClF3/c1-2-3-4-14-5-7-15(8-6-14)17-10-9-16(18(20)13-17)11-12-19(21,22)23/h2,9-15H,1,3-8H2/b12-11+. The van der Waals surface area contributed by atoms with Crippen molar-refractivity contribution in [1.29, 1.82) is 0 Å². The summed E-state index contributed by atoms with van der Waals surface area (Å²) in [5.74, 6) is 1.24. The second kappa shape index (κ2) is 8.05. The van der Waals surface area contributed by atoms with Crippen molar-refractivity contribution in [3.8, 4) is 0 Å². The van der Waals surface area contributed by atoms with Crippen molar-refractivity contribution in [2.24, 2.45) is 5.92 Å². The van der Waals surface area contributed by atoms with Gasteiger partial charge in [0, 0.05) is 11.1 Å². The maximum atomic E-state index is 12.2. The van der Waals surface area contributed by atoms with Crippen LogP contribution in [0.15, 0.2) is 36.9 Å². The molecule has 0 saturated heterocycles. The predicted octanol–water partition coefficient (Wildman–Crippen LogP) is 7.16. The SMILES string of the molecule is C=CCCC1CCC(c2ccc(/C=C/C(F)(F)F)c(Cl)c2)CC1. The third kappa shape index (κ3) is 5.72. The molecule has 0 radical (unpaired) electrons. The molecule has 23 heavy (non-hydrogen) atoms. The van der Waals surface area contributed by atoms with Crippen LogP contribution in [0.25, 0.3) is 6.08 Å². The van der Waals surface area contributed by atoms with Gasteiger partial charge in [-0.25, -0.2) is 0 Å². The first kappa shape index (κ1) is 18.1. The minimum atomic E-state index is -4.31. The molecule has 0 unspecified atom stereocenters. The van der Waals surface area contributed by atoms with Crippen LogP contribution in [0.4, 0.5) is 13.2 Å². The highest BCUT2D eigenvalue weighted by molar-refractivity contribution is 6.32. The second-order valence-corrected chi connectivity index (χ2v) is 6.65. The second-order valence-electron chi connectivity index (χ2n) is 6.24. The fourth-order valence-corrected chi connectivity index (χ4v) is 3.51. The van der Waals surface area contributed by atoms with Gasteiger partial charge in [-0.2, -0.15) is 13.2 Å². The molecule has 2 rings (SSSR count). The van der Waals surface area contributed by atoms with Crippen LogP contribution >= 0.6 is 11.6 Å². The molecule has 0 N–H and O–H groups in total. The Labute approximate surface area is 141 Å². The first-order chi connectivity index (χ1) is 10.9. The van der Waals surface area contributed by atoms with Crippen LogP contribution in [0, 0.1) is 5.92 Å². The van der Waals surface area contributed by atoms with E-state index in [1.807, 2.05) is 18.2 Å². The summed E-state index contributed by atoms with van der Waals surface area (Å²) in [5, 5.41) is 0.386. The van der Waals surface area contributed by atoms with E-state index in [1.165, 1.54) is 19.3 Å². The van der Waals surface area contributed by atoms with Gasteiger partial charge < -0.3 is 0 Å². The van der Waals surface area contributed by atoms with E-state index < -0.39 is 6.18 Å². The highest BCUT2D eigenvalue weighted by Gasteiger charge is 2.23. The van der Waals surface area contributed by atoms with Crippen LogP contribution in [0.5, 0.6) is 0 Å². The summed E-state index contributed by atoms with van der Waals surface area (Å²) in [4.78, 5) is 0. The van der Waals surface area contributed by atoms with E-state index in [2.05, 4.69) is 6.58 Å². The van der Waals surface area contributed by atoms with Gasteiger partial charge in [-0.3, -0.25) is 0 Å². The molecule has 0 aliphatic heterocycles. The average Bonchev–Trinajstić information content (AvgIpc) is 2.51. The quantitative estimate of drug-likeness (QED) is 0.498. The smallest absolute Gasteiger partial charge is 0.167 e. The Morgan fingerprint density at radius 3 is 2.43 bits per heavy atom. The Kier molecular flexibility index (Phi) is 6.34. The molecule has 1 aliphatic carbocycles. The number of allylic oxidation sites excluding steroid dienone is 2. The van der Waals surface area contributed by atoms with Gasteiger partial charge in [-0.05, 0) is 73.6 Å². The van der Waals surface area contributed by atoms with Crippen LogP contribution in [0.1, 0.15) is 55.6 Å². The molecule has 0 bridgehead atoms. The van der Waals surface area contributed by atoms with E-state index in [1.54, 1.807) is 6.07 Å². The van der Waals surface area contributed by atoms with Crippen LogP contribution in [-0.4, -0.2) is 6.18 Å². The molecule has 1 saturated carbocycles. The summed E-state index contributed by atoms with van der Waals surface area (Å²) in [7, 11) is 0. The molecular formula is C19H22ClF3. The van der Waals surface area contributed by atoms with Gasteiger partial charge in [-0.15, -0.1) is 6.58 Å². The van der Waals surface area contributed by atoms with Gasteiger partial charge in [0.25, 0.3) is 0 Å². The van der Waals surface area contributed by atoms with E-state index in [-0.39, 0.29) is 6.08 Å². The summed E-state index contributed by atoms with van der Waals surface area (Å²) >= 11 is 6.14. The summed E-state index contributed by atoms with van der Waals surface area (Å²) in [6, 6.07) is 5.42. The van der Waals surface area contributed by atoms with Crippen LogP contribution < -0.4 is 0 Å². The first-order valence-corrected chi connectivity index (χ1v) is 8.43. The van der Waals surface area contributed by atoms with Crippen LogP contribution in [0.3, 0.4) is 0 Å². The maximum Gasteiger partial charge on any atom is 0.409 e. The number of alkyl halides is 3. The van der Waals surface area contributed by atoms with Crippen molar-refractivity contribution >= 4 is 17.7 Å². The lowest BCUT2D eigenvalue weighted by atomic mass is 9.77. The largest absolute Gasteiger partial charge is 0.409 e.